The van der Waals surface area contributed by atoms with Gasteiger partial charge in [0.2, 0.25) is 0 Å². The molecule has 0 saturated heterocycles. The summed E-state index contributed by atoms with van der Waals surface area (Å²) in [6, 6.07) is 0. The monoisotopic (exact) mass is 249 g/mol. The summed E-state index contributed by atoms with van der Waals surface area (Å²) in [6.45, 7) is 0.313. The van der Waals surface area contributed by atoms with Crippen LogP contribution in [0.5, 0.6) is 0 Å². The van der Waals surface area contributed by atoms with Gasteiger partial charge < -0.3 is 0 Å². The van der Waals surface area contributed by atoms with E-state index in [0.29, 0.717) is 22.2 Å². The summed E-state index contributed by atoms with van der Waals surface area (Å²) >= 11 is 8.49. The van der Waals surface area contributed by atoms with E-state index in [0.717, 1.165) is 11.5 Å². The maximum absolute atomic E-state index is 11.7. The molecule has 0 fully saturated rings. The van der Waals surface area contributed by atoms with Crippen LogP contribution in [-0.4, -0.2) is 40.6 Å². The zero-order valence-corrected chi connectivity index (χ0v) is 9.68. The van der Waals surface area contributed by atoms with Crippen molar-refractivity contribution in [2.24, 2.45) is 0 Å². The molecular weight excluding hydrogens is 242 g/mol. The molecule has 2 aliphatic rings. The minimum Gasteiger partial charge on any atom is -0.272 e. The van der Waals surface area contributed by atoms with Gasteiger partial charge in [0.05, 0.1) is 9.81 Å². The fourth-order valence-electron chi connectivity index (χ4n) is 1.36. The maximum Gasteiger partial charge on any atom is 0.268 e. The Bertz CT molecular complexity index is 301. The highest BCUT2D eigenvalue weighted by Crippen LogP contribution is 2.40. The molecule has 14 heavy (non-hydrogen) atoms. The van der Waals surface area contributed by atoms with E-state index in [1.165, 1.54) is 28.4 Å². The minimum absolute atomic E-state index is 0.164. The third-order valence-electron chi connectivity index (χ3n) is 1.97. The number of thioether (sulfide) groups is 2. The fraction of sp³-hybridized carbons (Fsp3) is 0.500. The normalized spacial score (nSPS) is 21.9. The molecule has 2 rings (SSSR count). The van der Waals surface area contributed by atoms with Crippen molar-refractivity contribution in [1.29, 1.82) is 0 Å². The van der Waals surface area contributed by atoms with Crippen LogP contribution in [0, 0.1) is 0 Å². The van der Waals surface area contributed by atoms with Gasteiger partial charge in [-0.15, -0.1) is 35.1 Å². The van der Waals surface area contributed by atoms with Crippen molar-refractivity contribution in [3.05, 3.63) is 9.81 Å². The van der Waals surface area contributed by atoms with Crippen molar-refractivity contribution in [3.63, 3.8) is 0 Å². The summed E-state index contributed by atoms with van der Waals surface area (Å²) in [5, 5.41) is 0. The first-order valence-corrected chi connectivity index (χ1v) is 6.68. The highest BCUT2D eigenvalue weighted by Gasteiger charge is 2.39. The van der Waals surface area contributed by atoms with Gasteiger partial charge in [0.25, 0.3) is 11.8 Å². The van der Waals surface area contributed by atoms with Gasteiger partial charge >= 0.3 is 0 Å². The molecule has 0 aliphatic carbocycles. The summed E-state index contributed by atoms with van der Waals surface area (Å²) < 4.78 is 0. The summed E-state index contributed by atoms with van der Waals surface area (Å²) in [5.74, 6) is 1.77. The number of halogens is 1. The van der Waals surface area contributed by atoms with E-state index in [1.807, 2.05) is 0 Å². The van der Waals surface area contributed by atoms with E-state index in [2.05, 4.69) is 0 Å². The average molecular weight is 250 g/mol. The zero-order valence-electron chi connectivity index (χ0n) is 7.29. The third-order valence-corrected chi connectivity index (χ3v) is 4.68. The van der Waals surface area contributed by atoms with Crippen LogP contribution in [0.3, 0.4) is 0 Å². The van der Waals surface area contributed by atoms with Crippen molar-refractivity contribution in [2.75, 3.05) is 23.9 Å². The molecule has 2 heterocycles. The van der Waals surface area contributed by atoms with Crippen molar-refractivity contribution in [2.45, 2.75) is 0 Å². The molecule has 0 saturated carbocycles. The third kappa shape index (κ3) is 1.57. The van der Waals surface area contributed by atoms with Crippen LogP contribution < -0.4 is 0 Å². The number of carbonyl (C=O) groups excluding carboxylic acids is 2. The molecule has 2 aliphatic heterocycles. The molecule has 0 N–H and O–H groups in total. The number of nitrogens with zero attached hydrogens (tertiary/aromatic N) is 1. The number of hydrogen-bond donors (Lipinski definition) is 0. The van der Waals surface area contributed by atoms with Crippen LogP contribution in [0.2, 0.25) is 0 Å². The molecule has 76 valence electrons. The van der Waals surface area contributed by atoms with Crippen molar-refractivity contribution in [3.8, 4) is 0 Å². The summed E-state index contributed by atoms with van der Waals surface area (Å²) in [7, 11) is 0. The first kappa shape index (κ1) is 10.4. The van der Waals surface area contributed by atoms with Gasteiger partial charge in [-0.25, -0.2) is 0 Å². The van der Waals surface area contributed by atoms with Gasteiger partial charge in [0, 0.05) is 23.9 Å². The Morgan fingerprint density at radius 3 is 2.07 bits per heavy atom. The number of carbonyl (C=O) groups is 2. The lowest BCUT2D eigenvalue weighted by molar-refractivity contribution is -0.136. The number of hydrogen-bond acceptors (Lipinski definition) is 4. The second kappa shape index (κ2) is 4.16. The van der Waals surface area contributed by atoms with Gasteiger partial charge in [-0.2, -0.15) is 0 Å². The Hall–Kier alpha value is -0.130. The molecule has 0 spiro atoms. The van der Waals surface area contributed by atoms with Crippen molar-refractivity contribution >= 4 is 46.9 Å². The molecular formula is C8H8ClNO2S2. The standard InChI is InChI=1S/C8H8ClNO2S2/c9-1-2-10-7(11)5-6(8(10)12)14-4-3-13-5/h1-4H2. The van der Waals surface area contributed by atoms with Crippen LogP contribution in [0.15, 0.2) is 9.81 Å². The van der Waals surface area contributed by atoms with E-state index in [4.69, 9.17) is 11.6 Å². The maximum atomic E-state index is 11.7. The highest BCUT2D eigenvalue weighted by molar-refractivity contribution is 8.11. The van der Waals surface area contributed by atoms with E-state index in [1.54, 1.807) is 0 Å². The molecule has 0 aromatic rings. The summed E-state index contributed by atoms with van der Waals surface area (Å²) in [4.78, 5) is 25.9. The summed E-state index contributed by atoms with van der Waals surface area (Å²) in [5.41, 5.74) is 0. The van der Waals surface area contributed by atoms with E-state index < -0.39 is 0 Å². The summed E-state index contributed by atoms with van der Waals surface area (Å²) in [6.07, 6.45) is 0. The molecule has 0 radical (unpaired) electrons. The topological polar surface area (TPSA) is 37.4 Å². The zero-order chi connectivity index (χ0) is 10.1. The molecule has 2 amide bonds. The second-order valence-corrected chi connectivity index (χ2v) is 5.39. The van der Waals surface area contributed by atoms with E-state index in [9.17, 15) is 9.59 Å². The Balaban J connectivity index is 2.25. The first-order chi connectivity index (χ1) is 6.75. The first-order valence-electron chi connectivity index (χ1n) is 4.17. The van der Waals surface area contributed by atoms with Gasteiger partial charge in [0.15, 0.2) is 0 Å². The average Bonchev–Trinajstić information content (AvgIpc) is 2.45. The lowest BCUT2D eigenvalue weighted by atomic mass is 10.5. The van der Waals surface area contributed by atoms with Gasteiger partial charge in [-0.3, -0.25) is 14.5 Å². The quantitative estimate of drug-likeness (QED) is 0.546. The fourth-order valence-corrected chi connectivity index (χ4v) is 3.86. The highest BCUT2D eigenvalue weighted by atomic mass is 35.5. The predicted octanol–water partition coefficient (Wildman–Crippen LogP) is 1.29. The number of amides is 2. The van der Waals surface area contributed by atoms with Crippen molar-refractivity contribution < 1.29 is 9.59 Å². The molecule has 0 unspecified atom stereocenters. The van der Waals surface area contributed by atoms with Gasteiger partial charge in [-0.05, 0) is 0 Å². The van der Waals surface area contributed by atoms with Crippen LogP contribution in [0.1, 0.15) is 0 Å². The van der Waals surface area contributed by atoms with E-state index in [-0.39, 0.29) is 11.8 Å². The Morgan fingerprint density at radius 1 is 1.14 bits per heavy atom. The van der Waals surface area contributed by atoms with Gasteiger partial charge in [-0.1, -0.05) is 0 Å². The molecule has 0 aromatic heterocycles. The Labute approximate surface area is 95.2 Å². The largest absolute Gasteiger partial charge is 0.272 e. The Kier molecular flexibility index (Phi) is 3.09. The SMILES string of the molecule is O=C1C2=C(SCCS2)C(=O)N1CCCl. The molecule has 0 aromatic carbocycles. The molecule has 0 atom stereocenters. The number of alkyl halides is 1. The van der Waals surface area contributed by atoms with Crippen LogP contribution in [0.25, 0.3) is 0 Å². The number of rotatable bonds is 2. The number of imide groups is 1. The van der Waals surface area contributed by atoms with Crippen LogP contribution in [-0.2, 0) is 9.59 Å². The lowest BCUT2D eigenvalue weighted by Gasteiger charge is -2.11. The van der Waals surface area contributed by atoms with Crippen LogP contribution in [0.4, 0.5) is 0 Å². The lowest BCUT2D eigenvalue weighted by Crippen LogP contribution is -2.32. The molecule has 0 bridgehead atoms. The Morgan fingerprint density at radius 2 is 1.64 bits per heavy atom. The van der Waals surface area contributed by atoms with E-state index >= 15 is 0 Å². The molecule has 3 nitrogen and oxygen atoms in total. The smallest absolute Gasteiger partial charge is 0.268 e. The second-order valence-electron chi connectivity index (χ2n) is 2.81. The van der Waals surface area contributed by atoms with Crippen LogP contribution >= 0.6 is 35.1 Å². The minimum atomic E-state index is -0.164. The van der Waals surface area contributed by atoms with Crippen molar-refractivity contribution in [1.82, 2.24) is 4.90 Å². The molecule has 6 heteroatoms. The van der Waals surface area contributed by atoms with Gasteiger partial charge in [0.1, 0.15) is 0 Å². The predicted molar refractivity (Wildman–Crippen MR) is 59.4 cm³/mol.